The SMILES string of the molecule is CC[C@H](C)NC(=O)NC(=O)COC(=O)CSCc1ccccc1Cl. The molecule has 1 aromatic rings. The molecule has 1 atom stereocenters. The zero-order valence-corrected chi connectivity index (χ0v) is 15.2. The highest BCUT2D eigenvalue weighted by Gasteiger charge is 2.12. The highest BCUT2D eigenvalue weighted by molar-refractivity contribution is 7.99. The minimum Gasteiger partial charge on any atom is -0.455 e. The molecular weight excluding hydrogens is 352 g/mol. The van der Waals surface area contributed by atoms with Gasteiger partial charge in [0.05, 0.1) is 5.75 Å². The summed E-state index contributed by atoms with van der Waals surface area (Å²) in [4.78, 5) is 34.5. The quantitative estimate of drug-likeness (QED) is 0.685. The molecule has 0 aliphatic heterocycles. The van der Waals surface area contributed by atoms with Crippen LogP contribution in [0.5, 0.6) is 0 Å². The normalized spacial score (nSPS) is 11.5. The van der Waals surface area contributed by atoms with Crippen molar-refractivity contribution in [2.45, 2.75) is 32.1 Å². The second kappa shape index (κ2) is 10.9. The first-order valence-corrected chi connectivity index (χ1v) is 9.02. The number of thioether (sulfide) groups is 1. The van der Waals surface area contributed by atoms with Crippen molar-refractivity contribution in [2.24, 2.45) is 0 Å². The van der Waals surface area contributed by atoms with Crippen molar-refractivity contribution in [3.63, 3.8) is 0 Å². The zero-order chi connectivity index (χ0) is 17.9. The molecule has 8 heteroatoms. The molecule has 0 aliphatic rings. The number of hydrogen-bond donors (Lipinski definition) is 2. The Balaban J connectivity index is 2.20. The third-order valence-corrected chi connectivity index (χ3v) is 4.37. The Kier molecular flexibility index (Phi) is 9.26. The maximum atomic E-state index is 11.6. The number of carbonyl (C=O) groups is 3. The third-order valence-electron chi connectivity index (χ3n) is 3.04. The molecule has 0 bridgehead atoms. The average molecular weight is 373 g/mol. The van der Waals surface area contributed by atoms with Crippen molar-refractivity contribution in [1.29, 1.82) is 0 Å². The van der Waals surface area contributed by atoms with E-state index in [9.17, 15) is 14.4 Å². The van der Waals surface area contributed by atoms with E-state index >= 15 is 0 Å². The molecule has 0 saturated carbocycles. The van der Waals surface area contributed by atoms with Crippen LogP contribution in [0.3, 0.4) is 0 Å². The van der Waals surface area contributed by atoms with Gasteiger partial charge in [0.1, 0.15) is 0 Å². The van der Waals surface area contributed by atoms with Gasteiger partial charge in [-0.15, -0.1) is 11.8 Å². The van der Waals surface area contributed by atoms with Gasteiger partial charge in [-0.2, -0.15) is 0 Å². The maximum absolute atomic E-state index is 11.6. The minimum atomic E-state index is -0.666. The van der Waals surface area contributed by atoms with E-state index in [-0.39, 0.29) is 11.8 Å². The van der Waals surface area contributed by atoms with Gasteiger partial charge in [0, 0.05) is 16.8 Å². The summed E-state index contributed by atoms with van der Waals surface area (Å²) in [5, 5.41) is 5.32. The summed E-state index contributed by atoms with van der Waals surface area (Å²) < 4.78 is 4.82. The van der Waals surface area contributed by atoms with Gasteiger partial charge in [0.15, 0.2) is 6.61 Å². The molecule has 6 nitrogen and oxygen atoms in total. The van der Waals surface area contributed by atoms with Gasteiger partial charge in [-0.1, -0.05) is 36.7 Å². The molecule has 0 spiro atoms. The van der Waals surface area contributed by atoms with Gasteiger partial charge in [0.25, 0.3) is 5.91 Å². The van der Waals surface area contributed by atoms with Crippen LogP contribution in [0.2, 0.25) is 5.02 Å². The number of benzene rings is 1. The summed E-state index contributed by atoms with van der Waals surface area (Å²) in [5.74, 6) is -0.527. The van der Waals surface area contributed by atoms with Gasteiger partial charge < -0.3 is 10.1 Å². The zero-order valence-electron chi connectivity index (χ0n) is 13.6. The number of rotatable bonds is 8. The first-order chi connectivity index (χ1) is 11.4. The summed E-state index contributed by atoms with van der Waals surface area (Å²) in [6, 6.07) is 6.73. The molecule has 0 aliphatic carbocycles. The van der Waals surface area contributed by atoms with E-state index in [1.54, 1.807) is 6.07 Å². The Morgan fingerprint density at radius 1 is 1.29 bits per heavy atom. The molecular formula is C16H21ClN2O4S. The lowest BCUT2D eigenvalue weighted by Gasteiger charge is -2.11. The van der Waals surface area contributed by atoms with Crippen LogP contribution in [0.1, 0.15) is 25.8 Å². The summed E-state index contributed by atoms with van der Waals surface area (Å²) in [7, 11) is 0. The van der Waals surface area contributed by atoms with Crippen LogP contribution in [0.4, 0.5) is 4.79 Å². The first-order valence-electron chi connectivity index (χ1n) is 7.49. The van der Waals surface area contributed by atoms with Crippen LogP contribution in [-0.2, 0) is 20.1 Å². The second-order valence-electron chi connectivity index (χ2n) is 5.08. The molecule has 0 heterocycles. The molecule has 24 heavy (non-hydrogen) atoms. The highest BCUT2D eigenvalue weighted by atomic mass is 35.5. The molecule has 3 amide bonds. The van der Waals surface area contributed by atoms with Crippen LogP contribution >= 0.6 is 23.4 Å². The number of hydrogen-bond acceptors (Lipinski definition) is 5. The number of esters is 1. The third kappa shape index (κ3) is 8.21. The number of halogens is 1. The molecule has 0 radical (unpaired) electrons. The summed E-state index contributed by atoms with van der Waals surface area (Å²) in [5.41, 5.74) is 0.927. The highest BCUT2D eigenvalue weighted by Crippen LogP contribution is 2.20. The Hall–Kier alpha value is -1.73. The van der Waals surface area contributed by atoms with E-state index in [0.717, 1.165) is 12.0 Å². The predicted molar refractivity (Wildman–Crippen MR) is 95.0 cm³/mol. The molecule has 1 rings (SSSR count). The van der Waals surface area contributed by atoms with Gasteiger partial charge in [-0.3, -0.25) is 14.9 Å². The molecule has 0 unspecified atom stereocenters. The van der Waals surface area contributed by atoms with E-state index in [0.29, 0.717) is 10.8 Å². The largest absolute Gasteiger partial charge is 0.455 e. The fraction of sp³-hybridized carbons (Fsp3) is 0.438. The number of ether oxygens (including phenoxy) is 1. The smallest absolute Gasteiger partial charge is 0.321 e. The van der Waals surface area contributed by atoms with Gasteiger partial charge in [0.2, 0.25) is 0 Å². The van der Waals surface area contributed by atoms with Gasteiger partial charge >= 0.3 is 12.0 Å². The number of imide groups is 1. The van der Waals surface area contributed by atoms with Crippen molar-refractivity contribution in [2.75, 3.05) is 12.4 Å². The predicted octanol–water partition coefficient (Wildman–Crippen LogP) is 2.74. The fourth-order valence-corrected chi connectivity index (χ4v) is 2.68. The number of amides is 3. The standard InChI is InChI=1S/C16H21ClN2O4S/c1-3-11(2)18-16(22)19-14(20)8-23-15(21)10-24-9-12-6-4-5-7-13(12)17/h4-7,11H,3,8-10H2,1-2H3,(H2,18,19,20,22)/t11-/m0/s1. The average Bonchev–Trinajstić information content (AvgIpc) is 2.54. The van der Waals surface area contributed by atoms with Gasteiger partial charge in [-0.25, -0.2) is 4.79 Å². The van der Waals surface area contributed by atoms with Crippen LogP contribution in [0.15, 0.2) is 24.3 Å². The molecule has 132 valence electrons. The van der Waals surface area contributed by atoms with Gasteiger partial charge in [-0.05, 0) is 25.0 Å². The van der Waals surface area contributed by atoms with Crippen molar-refractivity contribution in [3.8, 4) is 0 Å². The van der Waals surface area contributed by atoms with Crippen LogP contribution in [0, 0.1) is 0 Å². The van der Waals surface area contributed by atoms with Crippen LogP contribution < -0.4 is 10.6 Å². The lowest BCUT2D eigenvalue weighted by atomic mass is 10.2. The summed E-state index contributed by atoms with van der Waals surface area (Å²) >= 11 is 7.35. The van der Waals surface area contributed by atoms with Crippen molar-refractivity contribution < 1.29 is 19.1 Å². The maximum Gasteiger partial charge on any atom is 0.321 e. The molecule has 2 N–H and O–H groups in total. The molecule has 1 aromatic carbocycles. The lowest BCUT2D eigenvalue weighted by molar-refractivity contribution is -0.145. The lowest BCUT2D eigenvalue weighted by Crippen LogP contribution is -2.44. The second-order valence-corrected chi connectivity index (χ2v) is 6.47. The first kappa shape index (κ1) is 20.3. The number of nitrogens with one attached hydrogen (secondary N) is 2. The van der Waals surface area contributed by atoms with E-state index in [2.05, 4.69) is 10.6 Å². The molecule has 0 aromatic heterocycles. The molecule has 0 saturated heterocycles. The Morgan fingerprint density at radius 2 is 2.00 bits per heavy atom. The Bertz CT molecular complexity index is 583. The monoisotopic (exact) mass is 372 g/mol. The number of urea groups is 1. The van der Waals surface area contributed by atoms with Crippen molar-refractivity contribution >= 4 is 41.3 Å². The van der Waals surface area contributed by atoms with E-state index in [1.807, 2.05) is 32.0 Å². The summed E-state index contributed by atoms with van der Waals surface area (Å²) in [6.45, 7) is 3.24. The molecule has 0 fully saturated rings. The van der Waals surface area contributed by atoms with E-state index in [4.69, 9.17) is 16.3 Å². The Labute approximate surface area is 150 Å². The summed E-state index contributed by atoms with van der Waals surface area (Å²) in [6.07, 6.45) is 0.749. The van der Waals surface area contributed by atoms with Crippen LogP contribution in [0.25, 0.3) is 0 Å². The van der Waals surface area contributed by atoms with Crippen molar-refractivity contribution in [3.05, 3.63) is 34.9 Å². The Morgan fingerprint density at radius 3 is 2.67 bits per heavy atom. The fourth-order valence-electron chi connectivity index (χ4n) is 1.57. The van der Waals surface area contributed by atoms with E-state index in [1.165, 1.54) is 11.8 Å². The topological polar surface area (TPSA) is 84.5 Å². The van der Waals surface area contributed by atoms with E-state index < -0.39 is 24.5 Å². The number of carbonyl (C=O) groups excluding carboxylic acids is 3. The van der Waals surface area contributed by atoms with Crippen LogP contribution in [-0.4, -0.2) is 36.3 Å². The minimum absolute atomic E-state index is 0.0402. The van der Waals surface area contributed by atoms with Crippen molar-refractivity contribution in [1.82, 2.24) is 10.6 Å².